The van der Waals surface area contributed by atoms with Gasteiger partial charge in [-0.2, -0.15) is 0 Å². The largest absolute Gasteiger partial charge is 0.369 e. The predicted octanol–water partition coefficient (Wildman–Crippen LogP) is 2.26. The Hall–Kier alpha value is -2.33. The SMILES string of the molecule is O=C1c2cccc(N3CCNCC3)c2CN1c1ccccc1. The van der Waals surface area contributed by atoms with Gasteiger partial charge in [-0.05, 0) is 24.3 Å². The van der Waals surface area contributed by atoms with Gasteiger partial charge in [0.25, 0.3) is 5.91 Å². The zero-order valence-corrected chi connectivity index (χ0v) is 12.5. The lowest BCUT2D eigenvalue weighted by atomic mass is 10.1. The van der Waals surface area contributed by atoms with E-state index in [2.05, 4.69) is 16.3 Å². The van der Waals surface area contributed by atoms with Gasteiger partial charge in [-0.15, -0.1) is 0 Å². The van der Waals surface area contributed by atoms with Gasteiger partial charge < -0.3 is 15.1 Å². The van der Waals surface area contributed by atoms with Crippen molar-refractivity contribution in [3.63, 3.8) is 0 Å². The molecule has 2 heterocycles. The smallest absolute Gasteiger partial charge is 0.259 e. The maximum atomic E-state index is 12.7. The van der Waals surface area contributed by atoms with Gasteiger partial charge in [0.2, 0.25) is 0 Å². The summed E-state index contributed by atoms with van der Waals surface area (Å²) < 4.78 is 0. The standard InChI is InChI=1S/C18H19N3O/c22-18-15-7-4-8-17(20-11-9-19-10-12-20)16(15)13-21(18)14-5-2-1-3-6-14/h1-8,19H,9-13H2. The first-order chi connectivity index (χ1) is 10.8. The highest BCUT2D eigenvalue weighted by Gasteiger charge is 2.31. The molecule has 0 radical (unpaired) electrons. The van der Waals surface area contributed by atoms with Crippen molar-refractivity contribution in [2.24, 2.45) is 0 Å². The number of carbonyl (C=O) groups excluding carboxylic acids is 1. The maximum absolute atomic E-state index is 12.7. The number of benzene rings is 2. The highest BCUT2D eigenvalue weighted by Crippen LogP contribution is 2.34. The molecule has 0 bridgehead atoms. The molecule has 4 heteroatoms. The number of rotatable bonds is 2. The molecule has 0 unspecified atom stereocenters. The number of anilines is 2. The van der Waals surface area contributed by atoms with E-state index in [1.54, 1.807) is 0 Å². The van der Waals surface area contributed by atoms with E-state index in [-0.39, 0.29) is 5.91 Å². The number of hydrogen-bond acceptors (Lipinski definition) is 3. The average Bonchev–Trinajstić information content (AvgIpc) is 2.94. The van der Waals surface area contributed by atoms with Crippen LogP contribution in [0.3, 0.4) is 0 Å². The summed E-state index contributed by atoms with van der Waals surface area (Å²) in [5.74, 6) is 0.109. The molecule has 1 N–H and O–H groups in total. The van der Waals surface area contributed by atoms with Gasteiger partial charge in [0.05, 0.1) is 6.54 Å². The van der Waals surface area contributed by atoms with E-state index in [0.29, 0.717) is 6.54 Å². The van der Waals surface area contributed by atoms with Crippen molar-refractivity contribution in [1.29, 1.82) is 0 Å². The molecule has 0 saturated carbocycles. The number of fused-ring (bicyclic) bond motifs is 1. The molecule has 1 saturated heterocycles. The average molecular weight is 293 g/mol. The number of amides is 1. The highest BCUT2D eigenvalue weighted by molar-refractivity contribution is 6.11. The molecule has 1 amide bonds. The highest BCUT2D eigenvalue weighted by atomic mass is 16.2. The van der Waals surface area contributed by atoms with Gasteiger partial charge >= 0.3 is 0 Å². The fourth-order valence-corrected chi connectivity index (χ4v) is 3.33. The first kappa shape index (κ1) is 13.3. The summed E-state index contributed by atoms with van der Waals surface area (Å²) in [6.07, 6.45) is 0. The number of nitrogens with zero attached hydrogens (tertiary/aromatic N) is 2. The lowest BCUT2D eigenvalue weighted by Gasteiger charge is -2.31. The number of nitrogens with one attached hydrogen (secondary N) is 1. The van der Waals surface area contributed by atoms with E-state index in [1.165, 1.54) is 11.3 Å². The minimum absolute atomic E-state index is 0.109. The molecule has 0 aromatic heterocycles. The number of carbonyl (C=O) groups is 1. The molecule has 112 valence electrons. The molecule has 0 atom stereocenters. The molecule has 4 rings (SSSR count). The molecule has 2 aromatic carbocycles. The zero-order valence-electron chi connectivity index (χ0n) is 12.5. The first-order valence-electron chi connectivity index (χ1n) is 7.79. The quantitative estimate of drug-likeness (QED) is 0.922. The van der Waals surface area contributed by atoms with Crippen molar-refractivity contribution < 1.29 is 4.79 Å². The Morgan fingerprint density at radius 1 is 0.909 bits per heavy atom. The molecule has 2 aromatic rings. The van der Waals surface area contributed by atoms with E-state index in [1.807, 2.05) is 47.4 Å². The van der Waals surface area contributed by atoms with Crippen molar-refractivity contribution in [2.45, 2.75) is 6.54 Å². The molecular formula is C18H19N3O. The normalized spacial score (nSPS) is 17.7. The molecule has 4 nitrogen and oxygen atoms in total. The minimum atomic E-state index is 0.109. The number of hydrogen-bond donors (Lipinski definition) is 1. The molecule has 0 spiro atoms. The summed E-state index contributed by atoms with van der Waals surface area (Å²) in [5, 5.41) is 3.38. The fourth-order valence-electron chi connectivity index (χ4n) is 3.33. The van der Waals surface area contributed by atoms with Crippen molar-refractivity contribution in [1.82, 2.24) is 5.32 Å². The van der Waals surface area contributed by atoms with Crippen LogP contribution in [0.15, 0.2) is 48.5 Å². The Morgan fingerprint density at radius 2 is 1.68 bits per heavy atom. The summed E-state index contributed by atoms with van der Waals surface area (Å²) in [6.45, 7) is 4.66. The Kier molecular flexibility index (Phi) is 3.31. The summed E-state index contributed by atoms with van der Waals surface area (Å²) >= 11 is 0. The lowest BCUT2D eigenvalue weighted by Crippen LogP contribution is -2.43. The Labute approximate surface area is 130 Å². The second-order valence-corrected chi connectivity index (χ2v) is 5.77. The van der Waals surface area contributed by atoms with E-state index >= 15 is 0 Å². The monoisotopic (exact) mass is 293 g/mol. The summed E-state index contributed by atoms with van der Waals surface area (Å²) in [5.41, 5.74) is 4.19. The van der Waals surface area contributed by atoms with Crippen molar-refractivity contribution in [3.8, 4) is 0 Å². The third-order valence-corrected chi connectivity index (χ3v) is 4.47. The fraction of sp³-hybridized carbons (Fsp3) is 0.278. The Balaban J connectivity index is 1.70. The van der Waals surface area contributed by atoms with Crippen LogP contribution in [0, 0.1) is 0 Å². The summed E-state index contributed by atoms with van der Waals surface area (Å²) in [4.78, 5) is 17.0. The van der Waals surface area contributed by atoms with Crippen LogP contribution in [0.5, 0.6) is 0 Å². The van der Waals surface area contributed by atoms with E-state index in [9.17, 15) is 4.79 Å². The van der Waals surface area contributed by atoms with Crippen LogP contribution in [0.4, 0.5) is 11.4 Å². The van der Waals surface area contributed by atoms with Gasteiger partial charge in [0.1, 0.15) is 0 Å². The van der Waals surface area contributed by atoms with E-state index in [4.69, 9.17) is 0 Å². The topological polar surface area (TPSA) is 35.6 Å². The van der Waals surface area contributed by atoms with Crippen LogP contribution in [0.1, 0.15) is 15.9 Å². The van der Waals surface area contributed by atoms with E-state index < -0.39 is 0 Å². The van der Waals surface area contributed by atoms with Crippen LogP contribution < -0.4 is 15.1 Å². The van der Waals surface area contributed by atoms with Crippen LogP contribution in [0.25, 0.3) is 0 Å². The third kappa shape index (κ3) is 2.16. The summed E-state index contributed by atoms with van der Waals surface area (Å²) in [6, 6.07) is 16.0. The maximum Gasteiger partial charge on any atom is 0.259 e. The van der Waals surface area contributed by atoms with Gasteiger partial charge in [-0.3, -0.25) is 4.79 Å². The molecule has 22 heavy (non-hydrogen) atoms. The zero-order chi connectivity index (χ0) is 14.9. The third-order valence-electron chi connectivity index (χ3n) is 4.47. The number of para-hydroxylation sites is 1. The number of piperazine rings is 1. The van der Waals surface area contributed by atoms with Gasteiger partial charge in [-0.25, -0.2) is 0 Å². The Morgan fingerprint density at radius 3 is 2.45 bits per heavy atom. The Bertz CT molecular complexity index is 693. The second kappa shape index (κ2) is 5.46. The molecule has 0 aliphatic carbocycles. The van der Waals surface area contributed by atoms with Crippen LogP contribution in [-0.2, 0) is 6.54 Å². The first-order valence-corrected chi connectivity index (χ1v) is 7.79. The second-order valence-electron chi connectivity index (χ2n) is 5.77. The van der Waals surface area contributed by atoms with Crippen LogP contribution in [0.2, 0.25) is 0 Å². The molecule has 2 aliphatic rings. The molecular weight excluding hydrogens is 274 g/mol. The molecule has 1 fully saturated rings. The van der Waals surface area contributed by atoms with Crippen LogP contribution >= 0.6 is 0 Å². The summed E-state index contributed by atoms with van der Waals surface area (Å²) in [7, 11) is 0. The molecule has 2 aliphatic heterocycles. The van der Waals surface area contributed by atoms with Crippen molar-refractivity contribution >= 4 is 17.3 Å². The van der Waals surface area contributed by atoms with E-state index in [0.717, 1.165) is 37.4 Å². The van der Waals surface area contributed by atoms with Gasteiger partial charge in [0.15, 0.2) is 0 Å². The minimum Gasteiger partial charge on any atom is -0.369 e. The predicted molar refractivity (Wildman–Crippen MR) is 88.5 cm³/mol. The lowest BCUT2D eigenvalue weighted by molar-refractivity contribution is 0.0996. The van der Waals surface area contributed by atoms with Crippen LogP contribution in [-0.4, -0.2) is 32.1 Å². The van der Waals surface area contributed by atoms with Crippen molar-refractivity contribution in [2.75, 3.05) is 36.0 Å². The van der Waals surface area contributed by atoms with Gasteiger partial charge in [-0.1, -0.05) is 24.3 Å². The van der Waals surface area contributed by atoms with Crippen molar-refractivity contribution in [3.05, 3.63) is 59.7 Å². The van der Waals surface area contributed by atoms with Gasteiger partial charge in [0, 0.05) is 48.7 Å².